The topological polar surface area (TPSA) is 44.5 Å². The van der Waals surface area contributed by atoms with Crippen LogP contribution in [0.5, 0.6) is 5.75 Å². The highest BCUT2D eigenvalue weighted by atomic mass is 35.5. The molecule has 0 radical (unpaired) electrons. The fraction of sp³-hybridized carbons (Fsp3) is 0.500. The van der Waals surface area contributed by atoms with Crippen molar-refractivity contribution in [3.8, 4) is 5.75 Å². The number of methoxy groups -OCH3 is 1. The van der Waals surface area contributed by atoms with Gasteiger partial charge >= 0.3 is 0 Å². The summed E-state index contributed by atoms with van der Waals surface area (Å²) in [7, 11) is 1.62. The molecule has 16 heavy (non-hydrogen) atoms. The molecule has 1 aliphatic heterocycles. The molecule has 0 aliphatic carbocycles. The van der Waals surface area contributed by atoms with E-state index in [1.165, 1.54) is 0 Å². The standard InChI is InChI=1S/C12H16ClNO2/c1-8(14)12(6-16-7-12)10-4-3-9(15-2)5-11(10)13/h3-5,8H,6-7,14H2,1-2H3. The molecular weight excluding hydrogens is 226 g/mol. The van der Waals surface area contributed by atoms with Gasteiger partial charge in [0.25, 0.3) is 0 Å². The molecule has 0 amide bonds. The van der Waals surface area contributed by atoms with Crippen molar-refractivity contribution in [2.75, 3.05) is 20.3 Å². The van der Waals surface area contributed by atoms with E-state index >= 15 is 0 Å². The van der Waals surface area contributed by atoms with Gasteiger partial charge in [0.15, 0.2) is 0 Å². The quantitative estimate of drug-likeness (QED) is 0.880. The summed E-state index contributed by atoms with van der Waals surface area (Å²) in [6.07, 6.45) is 0. The number of benzene rings is 1. The number of halogens is 1. The molecule has 0 saturated carbocycles. The molecule has 1 aliphatic rings. The van der Waals surface area contributed by atoms with Gasteiger partial charge in [0.1, 0.15) is 5.75 Å². The average Bonchev–Trinajstić information content (AvgIpc) is 2.18. The molecule has 2 N–H and O–H groups in total. The lowest BCUT2D eigenvalue weighted by Gasteiger charge is -2.45. The van der Waals surface area contributed by atoms with Crippen molar-refractivity contribution in [1.29, 1.82) is 0 Å². The van der Waals surface area contributed by atoms with Crippen molar-refractivity contribution in [1.82, 2.24) is 0 Å². The summed E-state index contributed by atoms with van der Waals surface area (Å²) in [4.78, 5) is 0. The Morgan fingerprint density at radius 1 is 1.50 bits per heavy atom. The Hall–Kier alpha value is -0.770. The third-order valence-corrected chi connectivity index (χ3v) is 3.62. The van der Waals surface area contributed by atoms with Crippen molar-refractivity contribution in [2.45, 2.75) is 18.4 Å². The van der Waals surface area contributed by atoms with Crippen LogP contribution in [-0.2, 0) is 10.2 Å². The number of hydrogen-bond acceptors (Lipinski definition) is 3. The molecule has 0 bridgehead atoms. The SMILES string of the molecule is COc1ccc(C2(C(C)N)COC2)c(Cl)c1. The molecule has 2 rings (SSSR count). The van der Waals surface area contributed by atoms with Crippen molar-refractivity contribution < 1.29 is 9.47 Å². The Morgan fingerprint density at radius 3 is 2.56 bits per heavy atom. The maximum Gasteiger partial charge on any atom is 0.120 e. The van der Waals surface area contributed by atoms with E-state index in [0.717, 1.165) is 11.3 Å². The Bertz CT molecular complexity index is 389. The third kappa shape index (κ3) is 1.69. The van der Waals surface area contributed by atoms with Crippen molar-refractivity contribution >= 4 is 11.6 Å². The van der Waals surface area contributed by atoms with E-state index < -0.39 is 0 Å². The maximum atomic E-state index is 6.26. The molecular formula is C12H16ClNO2. The van der Waals surface area contributed by atoms with Gasteiger partial charge in [-0.05, 0) is 24.6 Å². The van der Waals surface area contributed by atoms with Crippen LogP contribution in [0.2, 0.25) is 5.02 Å². The molecule has 1 fully saturated rings. The van der Waals surface area contributed by atoms with Crippen LogP contribution in [0.15, 0.2) is 18.2 Å². The number of nitrogens with two attached hydrogens (primary N) is 1. The molecule has 0 spiro atoms. The lowest BCUT2D eigenvalue weighted by molar-refractivity contribution is -0.0701. The predicted octanol–water partition coefficient (Wildman–Crippen LogP) is 1.96. The first-order valence-electron chi connectivity index (χ1n) is 5.27. The predicted molar refractivity (Wildman–Crippen MR) is 64.2 cm³/mol. The minimum atomic E-state index is -0.136. The summed E-state index contributed by atoms with van der Waals surface area (Å²) in [5.74, 6) is 0.758. The van der Waals surface area contributed by atoms with E-state index in [1.807, 2.05) is 25.1 Å². The van der Waals surface area contributed by atoms with Gasteiger partial charge in [-0.15, -0.1) is 0 Å². The van der Waals surface area contributed by atoms with Gasteiger partial charge < -0.3 is 15.2 Å². The first kappa shape index (κ1) is 11.7. The Labute approximate surface area is 100 Å². The minimum Gasteiger partial charge on any atom is -0.497 e. The van der Waals surface area contributed by atoms with Crippen LogP contribution in [0, 0.1) is 0 Å². The van der Waals surface area contributed by atoms with Gasteiger partial charge in [0, 0.05) is 11.1 Å². The summed E-state index contributed by atoms with van der Waals surface area (Å²) in [5, 5.41) is 0.694. The monoisotopic (exact) mass is 241 g/mol. The fourth-order valence-electron chi connectivity index (χ4n) is 2.01. The average molecular weight is 242 g/mol. The lowest BCUT2D eigenvalue weighted by Crippen LogP contribution is -2.57. The second-order valence-electron chi connectivity index (χ2n) is 4.28. The molecule has 1 aromatic rings. The van der Waals surface area contributed by atoms with Crippen LogP contribution >= 0.6 is 11.6 Å². The molecule has 1 atom stereocenters. The van der Waals surface area contributed by atoms with E-state index in [2.05, 4.69) is 0 Å². The van der Waals surface area contributed by atoms with Crippen LogP contribution in [0.25, 0.3) is 0 Å². The molecule has 0 aromatic heterocycles. The molecule has 1 unspecified atom stereocenters. The molecule has 88 valence electrons. The summed E-state index contributed by atoms with van der Waals surface area (Å²) >= 11 is 6.26. The van der Waals surface area contributed by atoms with Crippen LogP contribution in [0.1, 0.15) is 12.5 Å². The van der Waals surface area contributed by atoms with Crippen molar-refractivity contribution in [3.63, 3.8) is 0 Å². The first-order chi connectivity index (χ1) is 7.60. The normalized spacial score (nSPS) is 20.0. The Balaban J connectivity index is 2.39. The third-order valence-electron chi connectivity index (χ3n) is 3.30. The molecule has 1 saturated heterocycles. The summed E-state index contributed by atoms with van der Waals surface area (Å²) in [6, 6.07) is 5.72. The van der Waals surface area contributed by atoms with Crippen LogP contribution in [-0.4, -0.2) is 26.4 Å². The number of ether oxygens (including phenoxy) is 2. The minimum absolute atomic E-state index is 0.0205. The zero-order chi connectivity index (χ0) is 11.8. The summed E-state index contributed by atoms with van der Waals surface area (Å²) in [6.45, 7) is 3.26. The highest BCUT2D eigenvalue weighted by Gasteiger charge is 2.44. The summed E-state index contributed by atoms with van der Waals surface area (Å²) in [5.41, 5.74) is 6.95. The zero-order valence-electron chi connectivity index (χ0n) is 9.50. The van der Waals surface area contributed by atoms with Gasteiger partial charge in [0.05, 0.1) is 25.7 Å². The van der Waals surface area contributed by atoms with Gasteiger partial charge in [-0.25, -0.2) is 0 Å². The fourth-order valence-corrected chi connectivity index (χ4v) is 2.37. The van der Waals surface area contributed by atoms with E-state index in [-0.39, 0.29) is 11.5 Å². The Morgan fingerprint density at radius 2 is 2.19 bits per heavy atom. The molecule has 1 aromatic carbocycles. The molecule has 3 nitrogen and oxygen atoms in total. The van der Waals surface area contributed by atoms with E-state index in [4.69, 9.17) is 26.8 Å². The maximum absolute atomic E-state index is 6.26. The molecule has 4 heteroatoms. The van der Waals surface area contributed by atoms with Crippen LogP contribution in [0.3, 0.4) is 0 Å². The molecule has 1 heterocycles. The van der Waals surface area contributed by atoms with Gasteiger partial charge in [0.2, 0.25) is 0 Å². The second-order valence-corrected chi connectivity index (χ2v) is 4.69. The van der Waals surface area contributed by atoms with Gasteiger partial charge in [-0.2, -0.15) is 0 Å². The van der Waals surface area contributed by atoms with E-state index in [1.54, 1.807) is 7.11 Å². The number of rotatable bonds is 3. The Kier molecular flexibility index (Phi) is 3.10. The van der Waals surface area contributed by atoms with E-state index in [0.29, 0.717) is 18.2 Å². The largest absolute Gasteiger partial charge is 0.497 e. The van der Waals surface area contributed by atoms with E-state index in [9.17, 15) is 0 Å². The highest BCUT2D eigenvalue weighted by Crippen LogP contribution is 2.39. The number of hydrogen-bond donors (Lipinski definition) is 1. The summed E-state index contributed by atoms with van der Waals surface area (Å²) < 4.78 is 10.4. The van der Waals surface area contributed by atoms with Crippen molar-refractivity contribution in [3.05, 3.63) is 28.8 Å². The van der Waals surface area contributed by atoms with Crippen molar-refractivity contribution in [2.24, 2.45) is 5.73 Å². The smallest absolute Gasteiger partial charge is 0.120 e. The van der Waals surface area contributed by atoms with Gasteiger partial charge in [-0.3, -0.25) is 0 Å². The van der Waals surface area contributed by atoms with Crippen LogP contribution in [0.4, 0.5) is 0 Å². The van der Waals surface area contributed by atoms with Crippen LogP contribution < -0.4 is 10.5 Å². The first-order valence-corrected chi connectivity index (χ1v) is 5.65. The van der Waals surface area contributed by atoms with Gasteiger partial charge in [-0.1, -0.05) is 17.7 Å². The second kappa shape index (κ2) is 4.24. The highest BCUT2D eigenvalue weighted by molar-refractivity contribution is 6.31. The lowest BCUT2D eigenvalue weighted by atomic mass is 9.73. The zero-order valence-corrected chi connectivity index (χ0v) is 10.3.